The summed E-state index contributed by atoms with van der Waals surface area (Å²) in [6.45, 7) is 0.299. The van der Waals surface area contributed by atoms with Crippen molar-refractivity contribution in [2.75, 3.05) is 33.8 Å². The van der Waals surface area contributed by atoms with Crippen LogP contribution in [-0.2, 0) is 11.3 Å². The van der Waals surface area contributed by atoms with E-state index in [0.717, 1.165) is 5.56 Å². The number of anilines is 1. The second-order valence-corrected chi connectivity index (χ2v) is 6.84. The Morgan fingerprint density at radius 2 is 1.48 bits per heavy atom. The molecule has 3 aromatic carbocycles. The number of carbonyl (C=O) groups is 2. The molecule has 1 N–H and O–H groups in total. The van der Waals surface area contributed by atoms with Crippen molar-refractivity contribution in [1.29, 1.82) is 0 Å². The summed E-state index contributed by atoms with van der Waals surface area (Å²) >= 11 is 0. The molecule has 0 bridgehead atoms. The molecule has 0 aliphatic carbocycles. The van der Waals surface area contributed by atoms with Gasteiger partial charge in [0.25, 0.3) is 5.91 Å². The topological polar surface area (TPSA) is 92.3 Å². The molecule has 3 rings (SSSR count). The van der Waals surface area contributed by atoms with Gasteiger partial charge >= 0.3 is 5.97 Å². The monoisotopic (exact) mass is 451 g/mol. The van der Waals surface area contributed by atoms with E-state index in [1.165, 1.54) is 34.5 Å². The molecule has 33 heavy (non-hydrogen) atoms. The zero-order valence-corrected chi connectivity index (χ0v) is 18.8. The number of methoxy groups -OCH3 is 4. The zero-order chi connectivity index (χ0) is 23.8. The summed E-state index contributed by atoms with van der Waals surface area (Å²) in [5, 5.41) is 2.73. The minimum absolute atomic E-state index is 0.159. The molecule has 172 valence electrons. The van der Waals surface area contributed by atoms with Crippen molar-refractivity contribution in [2.45, 2.75) is 6.61 Å². The molecule has 0 aliphatic heterocycles. The van der Waals surface area contributed by atoms with E-state index in [1.807, 2.05) is 30.3 Å². The van der Waals surface area contributed by atoms with Crippen molar-refractivity contribution in [3.05, 3.63) is 77.4 Å². The summed E-state index contributed by atoms with van der Waals surface area (Å²) in [5.41, 5.74) is 1.66. The highest BCUT2D eigenvalue weighted by atomic mass is 16.5. The molecule has 0 atom stereocenters. The first-order chi connectivity index (χ1) is 16.0. The Hall–Kier alpha value is -4.20. The molecule has 3 aromatic rings. The summed E-state index contributed by atoms with van der Waals surface area (Å²) in [7, 11) is 5.70. The van der Waals surface area contributed by atoms with Crippen LogP contribution in [0.25, 0.3) is 0 Å². The van der Waals surface area contributed by atoms with E-state index < -0.39 is 11.9 Å². The van der Waals surface area contributed by atoms with Crippen molar-refractivity contribution in [3.63, 3.8) is 0 Å². The van der Waals surface area contributed by atoms with Crippen LogP contribution in [-0.4, -0.2) is 40.3 Å². The minimum Gasteiger partial charge on any atom is -0.497 e. The van der Waals surface area contributed by atoms with Crippen molar-refractivity contribution in [1.82, 2.24) is 0 Å². The summed E-state index contributed by atoms with van der Waals surface area (Å²) in [5.74, 6) is 0.411. The Bertz CT molecular complexity index is 1100. The molecule has 0 fully saturated rings. The number of nitrogens with one attached hydrogen (secondary N) is 1. The minimum atomic E-state index is -0.607. The van der Waals surface area contributed by atoms with E-state index in [9.17, 15) is 9.59 Å². The van der Waals surface area contributed by atoms with Gasteiger partial charge in [-0.3, -0.25) is 4.79 Å². The predicted molar refractivity (Wildman–Crippen MR) is 123 cm³/mol. The Morgan fingerprint density at radius 3 is 2.06 bits per heavy atom. The van der Waals surface area contributed by atoms with Gasteiger partial charge in [-0.05, 0) is 35.9 Å². The number of esters is 1. The van der Waals surface area contributed by atoms with E-state index >= 15 is 0 Å². The fourth-order valence-electron chi connectivity index (χ4n) is 3.12. The molecule has 0 spiro atoms. The highest BCUT2D eigenvalue weighted by Gasteiger charge is 2.20. The van der Waals surface area contributed by atoms with Gasteiger partial charge in [-0.25, -0.2) is 4.79 Å². The van der Waals surface area contributed by atoms with Gasteiger partial charge in [0.2, 0.25) is 5.75 Å². The van der Waals surface area contributed by atoms with Gasteiger partial charge in [0, 0.05) is 5.56 Å². The summed E-state index contributed by atoms with van der Waals surface area (Å²) < 4.78 is 26.8. The number of amides is 1. The molecule has 0 radical (unpaired) electrons. The lowest BCUT2D eigenvalue weighted by molar-refractivity contribution is 0.0601. The lowest BCUT2D eigenvalue weighted by Gasteiger charge is -2.17. The lowest BCUT2D eigenvalue weighted by Crippen LogP contribution is -2.16. The lowest BCUT2D eigenvalue weighted by atomic mass is 10.1. The molecule has 1 amide bonds. The summed E-state index contributed by atoms with van der Waals surface area (Å²) in [4.78, 5) is 25.2. The van der Waals surface area contributed by atoms with Crippen LogP contribution in [0.2, 0.25) is 0 Å². The molecule has 8 heteroatoms. The third-order valence-corrected chi connectivity index (χ3v) is 4.83. The Labute approximate surface area is 192 Å². The normalized spacial score (nSPS) is 10.2. The van der Waals surface area contributed by atoms with Gasteiger partial charge in [0.15, 0.2) is 11.5 Å². The second-order valence-electron chi connectivity index (χ2n) is 6.84. The van der Waals surface area contributed by atoms with Crippen LogP contribution < -0.4 is 24.3 Å². The van der Waals surface area contributed by atoms with Crippen LogP contribution in [0.1, 0.15) is 26.3 Å². The van der Waals surface area contributed by atoms with Gasteiger partial charge in [0.05, 0.1) is 39.7 Å². The molecule has 0 saturated carbocycles. The first kappa shape index (κ1) is 23.5. The van der Waals surface area contributed by atoms with Gasteiger partial charge < -0.3 is 29.0 Å². The van der Waals surface area contributed by atoms with Crippen LogP contribution in [0.5, 0.6) is 23.0 Å². The number of hydrogen-bond donors (Lipinski definition) is 1. The van der Waals surface area contributed by atoms with Crippen LogP contribution in [0, 0.1) is 0 Å². The highest BCUT2D eigenvalue weighted by Crippen LogP contribution is 2.39. The van der Waals surface area contributed by atoms with Crippen molar-refractivity contribution >= 4 is 17.6 Å². The maximum absolute atomic E-state index is 13.0. The number of rotatable bonds is 9. The average molecular weight is 451 g/mol. The molecule has 8 nitrogen and oxygen atoms in total. The van der Waals surface area contributed by atoms with Crippen molar-refractivity contribution in [3.8, 4) is 23.0 Å². The van der Waals surface area contributed by atoms with Gasteiger partial charge in [-0.15, -0.1) is 0 Å². The average Bonchev–Trinajstić information content (AvgIpc) is 2.87. The van der Waals surface area contributed by atoms with Gasteiger partial charge in [0.1, 0.15) is 12.4 Å². The van der Waals surface area contributed by atoms with Crippen LogP contribution in [0.15, 0.2) is 60.7 Å². The van der Waals surface area contributed by atoms with Crippen LogP contribution >= 0.6 is 0 Å². The van der Waals surface area contributed by atoms with E-state index in [0.29, 0.717) is 29.6 Å². The quantitative estimate of drug-likeness (QED) is 0.484. The third-order valence-electron chi connectivity index (χ3n) is 4.83. The van der Waals surface area contributed by atoms with Crippen molar-refractivity contribution < 1.29 is 33.3 Å². The molecule has 0 aromatic heterocycles. The molecule has 0 saturated heterocycles. The molecular weight excluding hydrogens is 426 g/mol. The molecule has 0 heterocycles. The second kappa shape index (κ2) is 10.9. The number of benzene rings is 3. The van der Waals surface area contributed by atoms with Gasteiger partial charge in [-0.2, -0.15) is 0 Å². The Balaban J connectivity index is 1.89. The van der Waals surface area contributed by atoms with E-state index in [-0.39, 0.29) is 16.8 Å². The van der Waals surface area contributed by atoms with Crippen LogP contribution in [0.3, 0.4) is 0 Å². The standard InChI is InChI=1S/C25H25NO7/c1-29-18-10-11-20(19(14-18)25(28)32-4)26-24(27)17-12-21(30-2)23(22(13-17)31-3)33-15-16-8-6-5-7-9-16/h5-14H,15H2,1-4H3,(H,26,27). The number of ether oxygens (including phenoxy) is 5. The number of carbonyl (C=O) groups excluding carboxylic acids is 2. The number of hydrogen-bond acceptors (Lipinski definition) is 7. The summed E-state index contributed by atoms with van der Waals surface area (Å²) in [6.07, 6.45) is 0. The summed E-state index contributed by atoms with van der Waals surface area (Å²) in [6, 6.07) is 17.4. The predicted octanol–water partition coefficient (Wildman–Crippen LogP) is 4.33. The van der Waals surface area contributed by atoms with E-state index in [2.05, 4.69) is 5.32 Å². The fraction of sp³-hybridized carbons (Fsp3) is 0.200. The fourth-order valence-corrected chi connectivity index (χ4v) is 3.12. The maximum Gasteiger partial charge on any atom is 0.340 e. The smallest absolute Gasteiger partial charge is 0.340 e. The van der Waals surface area contributed by atoms with Crippen LogP contribution in [0.4, 0.5) is 5.69 Å². The Morgan fingerprint density at radius 1 is 0.818 bits per heavy atom. The molecule has 0 unspecified atom stereocenters. The first-order valence-electron chi connectivity index (χ1n) is 10.0. The molecule has 0 aliphatic rings. The SMILES string of the molecule is COC(=O)c1cc(OC)ccc1NC(=O)c1cc(OC)c(OCc2ccccc2)c(OC)c1. The Kier molecular flexibility index (Phi) is 7.75. The van der Waals surface area contributed by atoms with E-state index in [1.54, 1.807) is 24.3 Å². The third kappa shape index (κ3) is 5.54. The molecular formula is C25H25NO7. The largest absolute Gasteiger partial charge is 0.497 e. The maximum atomic E-state index is 13.0. The van der Waals surface area contributed by atoms with E-state index in [4.69, 9.17) is 23.7 Å². The first-order valence-corrected chi connectivity index (χ1v) is 10.0. The van der Waals surface area contributed by atoms with Crippen molar-refractivity contribution in [2.24, 2.45) is 0 Å². The van der Waals surface area contributed by atoms with Gasteiger partial charge in [-0.1, -0.05) is 30.3 Å². The zero-order valence-electron chi connectivity index (χ0n) is 18.8. The highest BCUT2D eigenvalue weighted by molar-refractivity contribution is 6.08.